The maximum atomic E-state index is 5.78. The molecule has 2 nitrogen and oxygen atoms in total. The maximum absolute atomic E-state index is 5.78. The van der Waals surface area contributed by atoms with Crippen molar-refractivity contribution in [1.29, 1.82) is 0 Å². The van der Waals surface area contributed by atoms with E-state index in [1.165, 1.54) is 24.0 Å². The zero-order valence-corrected chi connectivity index (χ0v) is 9.08. The Labute approximate surface area is 85.3 Å². The summed E-state index contributed by atoms with van der Waals surface area (Å²) in [7, 11) is 0. The summed E-state index contributed by atoms with van der Waals surface area (Å²) in [6, 6.07) is 0. The SMILES string of the molecule is Cc1c(OC2CC2)cncc1C(C)C. The van der Waals surface area contributed by atoms with Gasteiger partial charge >= 0.3 is 0 Å². The van der Waals surface area contributed by atoms with Crippen LogP contribution >= 0.6 is 0 Å². The number of aromatic nitrogens is 1. The molecular formula is C12H17NO. The zero-order valence-electron chi connectivity index (χ0n) is 9.08. The molecule has 1 saturated carbocycles. The number of nitrogens with zero attached hydrogens (tertiary/aromatic N) is 1. The second-order valence-electron chi connectivity index (χ2n) is 4.32. The molecular weight excluding hydrogens is 174 g/mol. The fourth-order valence-corrected chi connectivity index (χ4v) is 1.59. The Hall–Kier alpha value is -1.05. The van der Waals surface area contributed by atoms with Gasteiger partial charge in [-0.3, -0.25) is 4.98 Å². The van der Waals surface area contributed by atoms with Gasteiger partial charge in [0.1, 0.15) is 5.75 Å². The first-order valence-electron chi connectivity index (χ1n) is 5.29. The molecule has 1 aromatic rings. The van der Waals surface area contributed by atoms with Gasteiger partial charge in [0.2, 0.25) is 0 Å². The number of hydrogen-bond acceptors (Lipinski definition) is 2. The Morgan fingerprint density at radius 3 is 2.64 bits per heavy atom. The minimum atomic E-state index is 0.456. The summed E-state index contributed by atoms with van der Waals surface area (Å²) < 4.78 is 5.78. The van der Waals surface area contributed by atoms with Crippen molar-refractivity contribution in [2.75, 3.05) is 0 Å². The normalized spacial score (nSPS) is 16.0. The van der Waals surface area contributed by atoms with E-state index in [-0.39, 0.29) is 0 Å². The van der Waals surface area contributed by atoms with E-state index in [0.717, 1.165) is 5.75 Å². The van der Waals surface area contributed by atoms with Gasteiger partial charge in [-0.2, -0.15) is 0 Å². The zero-order chi connectivity index (χ0) is 10.1. The Kier molecular flexibility index (Phi) is 2.44. The van der Waals surface area contributed by atoms with Crippen molar-refractivity contribution in [2.24, 2.45) is 0 Å². The topological polar surface area (TPSA) is 22.1 Å². The van der Waals surface area contributed by atoms with Crippen LogP contribution in [0.2, 0.25) is 0 Å². The van der Waals surface area contributed by atoms with Crippen LogP contribution in [-0.4, -0.2) is 11.1 Å². The average molecular weight is 191 g/mol. The second kappa shape index (κ2) is 3.60. The molecule has 0 unspecified atom stereocenters. The molecule has 0 atom stereocenters. The van der Waals surface area contributed by atoms with Crippen molar-refractivity contribution in [3.63, 3.8) is 0 Å². The molecule has 0 aliphatic heterocycles. The lowest BCUT2D eigenvalue weighted by molar-refractivity contribution is 0.299. The first kappa shape index (κ1) is 9.50. The summed E-state index contributed by atoms with van der Waals surface area (Å²) in [5.41, 5.74) is 2.55. The van der Waals surface area contributed by atoms with Gasteiger partial charge in [0, 0.05) is 6.20 Å². The molecule has 2 heteroatoms. The number of pyridine rings is 1. The first-order valence-corrected chi connectivity index (χ1v) is 5.29. The van der Waals surface area contributed by atoms with Gasteiger partial charge < -0.3 is 4.74 Å². The van der Waals surface area contributed by atoms with E-state index in [2.05, 4.69) is 25.8 Å². The monoisotopic (exact) mass is 191 g/mol. The third-order valence-corrected chi connectivity index (χ3v) is 2.65. The second-order valence-corrected chi connectivity index (χ2v) is 4.32. The van der Waals surface area contributed by atoms with E-state index in [9.17, 15) is 0 Å². The van der Waals surface area contributed by atoms with Crippen LogP contribution in [0.3, 0.4) is 0 Å². The van der Waals surface area contributed by atoms with Crippen LogP contribution in [0.25, 0.3) is 0 Å². The average Bonchev–Trinajstić information content (AvgIpc) is 2.92. The third-order valence-electron chi connectivity index (χ3n) is 2.65. The first-order chi connectivity index (χ1) is 6.68. The summed E-state index contributed by atoms with van der Waals surface area (Å²) >= 11 is 0. The molecule has 1 aliphatic carbocycles. The molecule has 1 aromatic heterocycles. The van der Waals surface area contributed by atoms with E-state index in [1.54, 1.807) is 0 Å². The molecule has 0 amide bonds. The van der Waals surface area contributed by atoms with Crippen LogP contribution < -0.4 is 4.74 Å². The summed E-state index contributed by atoms with van der Waals surface area (Å²) in [6.07, 6.45) is 6.63. The Morgan fingerprint density at radius 1 is 1.36 bits per heavy atom. The van der Waals surface area contributed by atoms with Gasteiger partial charge in [0.05, 0.1) is 12.3 Å². The highest BCUT2D eigenvalue weighted by molar-refractivity contribution is 5.37. The predicted octanol–water partition coefficient (Wildman–Crippen LogP) is 3.05. The fourth-order valence-electron chi connectivity index (χ4n) is 1.59. The molecule has 76 valence electrons. The van der Waals surface area contributed by atoms with Crippen molar-refractivity contribution in [1.82, 2.24) is 4.98 Å². The van der Waals surface area contributed by atoms with Gasteiger partial charge in [-0.1, -0.05) is 13.8 Å². The lowest BCUT2D eigenvalue weighted by Crippen LogP contribution is -2.02. The van der Waals surface area contributed by atoms with Crippen LogP contribution in [-0.2, 0) is 0 Å². The number of rotatable bonds is 3. The smallest absolute Gasteiger partial charge is 0.141 e. The molecule has 0 bridgehead atoms. The van der Waals surface area contributed by atoms with Gasteiger partial charge in [0.25, 0.3) is 0 Å². The van der Waals surface area contributed by atoms with Crippen LogP contribution in [0.4, 0.5) is 0 Å². The molecule has 0 N–H and O–H groups in total. The van der Waals surface area contributed by atoms with E-state index in [0.29, 0.717) is 12.0 Å². The highest BCUT2D eigenvalue weighted by Gasteiger charge is 2.24. The standard InChI is InChI=1S/C12H17NO/c1-8(2)11-6-13-7-12(9(11)3)14-10-4-5-10/h6-8,10H,4-5H2,1-3H3. The Morgan fingerprint density at radius 2 is 2.07 bits per heavy atom. The molecule has 2 rings (SSSR count). The number of ether oxygens (including phenoxy) is 1. The minimum absolute atomic E-state index is 0.456. The van der Waals surface area contributed by atoms with Gasteiger partial charge in [-0.25, -0.2) is 0 Å². The molecule has 0 aromatic carbocycles. The predicted molar refractivity (Wildman–Crippen MR) is 56.7 cm³/mol. The molecule has 0 radical (unpaired) electrons. The van der Waals surface area contributed by atoms with Crippen molar-refractivity contribution >= 4 is 0 Å². The lowest BCUT2D eigenvalue weighted by atomic mass is 10.0. The van der Waals surface area contributed by atoms with Crippen LogP contribution in [0.1, 0.15) is 43.7 Å². The third kappa shape index (κ3) is 1.89. The van der Waals surface area contributed by atoms with Crippen molar-refractivity contribution < 1.29 is 4.74 Å². The van der Waals surface area contributed by atoms with E-state index < -0.39 is 0 Å². The Balaban J connectivity index is 2.25. The van der Waals surface area contributed by atoms with Crippen molar-refractivity contribution in [3.8, 4) is 5.75 Å². The molecule has 0 spiro atoms. The van der Waals surface area contributed by atoms with Crippen LogP contribution in [0, 0.1) is 6.92 Å². The highest BCUT2D eigenvalue weighted by atomic mass is 16.5. The summed E-state index contributed by atoms with van der Waals surface area (Å²) in [5, 5.41) is 0. The summed E-state index contributed by atoms with van der Waals surface area (Å²) in [4.78, 5) is 4.22. The van der Waals surface area contributed by atoms with Gasteiger partial charge in [0.15, 0.2) is 0 Å². The maximum Gasteiger partial charge on any atom is 0.141 e. The summed E-state index contributed by atoms with van der Waals surface area (Å²) in [6.45, 7) is 6.49. The largest absolute Gasteiger partial charge is 0.489 e. The van der Waals surface area contributed by atoms with E-state index in [1.807, 2.05) is 12.4 Å². The van der Waals surface area contributed by atoms with Crippen molar-refractivity contribution in [3.05, 3.63) is 23.5 Å². The molecule has 14 heavy (non-hydrogen) atoms. The van der Waals surface area contributed by atoms with E-state index >= 15 is 0 Å². The lowest BCUT2D eigenvalue weighted by Gasteiger charge is -2.13. The summed E-state index contributed by atoms with van der Waals surface area (Å²) in [5.74, 6) is 1.49. The van der Waals surface area contributed by atoms with Gasteiger partial charge in [-0.05, 0) is 36.8 Å². The highest BCUT2D eigenvalue weighted by Crippen LogP contribution is 2.31. The van der Waals surface area contributed by atoms with Gasteiger partial charge in [-0.15, -0.1) is 0 Å². The van der Waals surface area contributed by atoms with Crippen LogP contribution in [0.15, 0.2) is 12.4 Å². The fraction of sp³-hybridized carbons (Fsp3) is 0.583. The molecule has 1 heterocycles. The molecule has 1 fully saturated rings. The van der Waals surface area contributed by atoms with Crippen molar-refractivity contribution in [2.45, 2.75) is 45.6 Å². The van der Waals surface area contributed by atoms with Crippen LogP contribution in [0.5, 0.6) is 5.75 Å². The Bertz CT molecular complexity index is 329. The molecule has 1 aliphatic rings. The molecule has 0 saturated heterocycles. The van der Waals surface area contributed by atoms with E-state index in [4.69, 9.17) is 4.74 Å². The quantitative estimate of drug-likeness (QED) is 0.732. The number of hydrogen-bond donors (Lipinski definition) is 0. The minimum Gasteiger partial charge on any atom is -0.489 e.